The van der Waals surface area contributed by atoms with Crippen LogP contribution in [0.1, 0.15) is 35.2 Å². The number of anilines is 2. The van der Waals surface area contributed by atoms with Crippen molar-refractivity contribution in [3.8, 4) is 6.07 Å². The standard InChI is InChI=1S/C19H21N5O/c1-13-14(2)22-23-19(16(13)12-20)21-10-5-8-18(25)24-11-9-15-6-3-4-7-17(15)24/h3-4,6-7H,5,8-11H2,1-2H3,(H,21,23). The molecule has 1 aromatic carbocycles. The Labute approximate surface area is 147 Å². The number of benzene rings is 1. The molecule has 128 valence electrons. The minimum atomic E-state index is 0.137. The van der Waals surface area contributed by atoms with Crippen LogP contribution in [0.25, 0.3) is 0 Å². The lowest BCUT2D eigenvalue weighted by molar-refractivity contribution is -0.118. The highest BCUT2D eigenvalue weighted by atomic mass is 16.2. The second kappa shape index (κ2) is 7.31. The molecule has 1 aliphatic rings. The van der Waals surface area contributed by atoms with E-state index in [0.29, 0.717) is 30.8 Å². The van der Waals surface area contributed by atoms with E-state index >= 15 is 0 Å². The van der Waals surface area contributed by atoms with Crippen molar-refractivity contribution in [2.24, 2.45) is 0 Å². The van der Waals surface area contributed by atoms with Gasteiger partial charge in [0.1, 0.15) is 11.6 Å². The maximum absolute atomic E-state index is 12.5. The van der Waals surface area contributed by atoms with Crippen LogP contribution in [0, 0.1) is 25.2 Å². The summed E-state index contributed by atoms with van der Waals surface area (Å²) in [5, 5.41) is 20.5. The molecule has 1 amide bonds. The highest BCUT2D eigenvalue weighted by molar-refractivity contribution is 5.95. The van der Waals surface area contributed by atoms with Gasteiger partial charge in [-0.25, -0.2) is 0 Å². The number of nitrogens with one attached hydrogen (secondary N) is 1. The van der Waals surface area contributed by atoms with Gasteiger partial charge in [0.05, 0.1) is 5.69 Å². The Hall–Kier alpha value is -2.94. The fraction of sp³-hybridized carbons (Fsp3) is 0.368. The number of amides is 1. The van der Waals surface area contributed by atoms with Crippen LogP contribution in [-0.4, -0.2) is 29.2 Å². The van der Waals surface area contributed by atoms with Crippen molar-refractivity contribution in [1.29, 1.82) is 5.26 Å². The summed E-state index contributed by atoms with van der Waals surface area (Å²) >= 11 is 0. The van der Waals surface area contributed by atoms with E-state index in [4.69, 9.17) is 0 Å². The number of aryl methyl sites for hydroxylation is 1. The molecule has 6 heteroatoms. The lowest BCUT2D eigenvalue weighted by Crippen LogP contribution is -2.29. The number of carbonyl (C=O) groups is 1. The number of carbonyl (C=O) groups excluding carboxylic acids is 1. The van der Waals surface area contributed by atoms with E-state index in [1.54, 1.807) is 0 Å². The molecule has 0 saturated heterocycles. The maximum Gasteiger partial charge on any atom is 0.227 e. The summed E-state index contributed by atoms with van der Waals surface area (Å²) in [5.74, 6) is 0.628. The molecule has 3 rings (SSSR count). The first-order valence-corrected chi connectivity index (χ1v) is 8.48. The summed E-state index contributed by atoms with van der Waals surface area (Å²) in [7, 11) is 0. The van der Waals surface area contributed by atoms with Crippen molar-refractivity contribution in [3.63, 3.8) is 0 Å². The van der Waals surface area contributed by atoms with Crippen LogP contribution in [0.2, 0.25) is 0 Å². The Morgan fingerprint density at radius 3 is 2.92 bits per heavy atom. The van der Waals surface area contributed by atoms with Crippen molar-refractivity contribution < 1.29 is 4.79 Å². The van der Waals surface area contributed by atoms with Gasteiger partial charge < -0.3 is 10.2 Å². The zero-order chi connectivity index (χ0) is 17.8. The molecule has 0 atom stereocenters. The number of rotatable bonds is 5. The molecule has 0 spiro atoms. The highest BCUT2D eigenvalue weighted by Crippen LogP contribution is 2.28. The van der Waals surface area contributed by atoms with E-state index in [0.717, 1.165) is 29.9 Å². The molecule has 25 heavy (non-hydrogen) atoms. The summed E-state index contributed by atoms with van der Waals surface area (Å²) < 4.78 is 0. The predicted octanol–water partition coefficient (Wildman–Crippen LogP) is 2.75. The van der Waals surface area contributed by atoms with Crippen molar-refractivity contribution in [1.82, 2.24) is 10.2 Å². The summed E-state index contributed by atoms with van der Waals surface area (Å²) in [6, 6.07) is 10.2. The molecule has 2 heterocycles. The quantitative estimate of drug-likeness (QED) is 0.850. The average molecular weight is 335 g/mol. The van der Waals surface area contributed by atoms with Gasteiger partial charge in [-0.05, 0) is 43.9 Å². The van der Waals surface area contributed by atoms with Gasteiger partial charge in [-0.3, -0.25) is 4.79 Å². The third-order valence-corrected chi connectivity index (χ3v) is 4.61. The lowest BCUT2D eigenvalue weighted by atomic mass is 10.1. The third kappa shape index (κ3) is 3.45. The van der Waals surface area contributed by atoms with Crippen LogP contribution in [0.4, 0.5) is 11.5 Å². The van der Waals surface area contributed by atoms with E-state index < -0.39 is 0 Å². The van der Waals surface area contributed by atoms with Crippen molar-refractivity contribution >= 4 is 17.4 Å². The Morgan fingerprint density at radius 2 is 2.12 bits per heavy atom. The molecular formula is C19H21N5O. The van der Waals surface area contributed by atoms with Crippen LogP contribution >= 0.6 is 0 Å². The first-order chi connectivity index (χ1) is 12.1. The van der Waals surface area contributed by atoms with Gasteiger partial charge in [0.2, 0.25) is 5.91 Å². The maximum atomic E-state index is 12.5. The molecule has 0 unspecified atom stereocenters. The van der Waals surface area contributed by atoms with Crippen LogP contribution in [0.3, 0.4) is 0 Å². The van der Waals surface area contributed by atoms with Gasteiger partial charge in [-0.2, -0.15) is 10.4 Å². The van der Waals surface area contributed by atoms with Gasteiger partial charge in [-0.15, -0.1) is 5.10 Å². The number of hydrogen-bond donors (Lipinski definition) is 1. The van der Waals surface area contributed by atoms with Gasteiger partial charge >= 0.3 is 0 Å². The fourth-order valence-electron chi connectivity index (χ4n) is 3.05. The molecule has 1 N–H and O–H groups in total. The summed E-state index contributed by atoms with van der Waals surface area (Å²) in [5.41, 5.74) is 4.38. The number of nitriles is 1. The molecular weight excluding hydrogens is 314 g/mol. The zero-order valence-electron chi connectivity index (χ0n) is 14.5. The Balaban J connectivity index is 1.54. The molecule has 2 aromatic rings. The van der Waals surface area contributed by atoms with E-state index in [1.807, 2.05) is 36.9 Å². The van der Waals surface area contributed by atoms with Gasteiger partial charge in [0, 0.05) is 25.2 Å². The number of hydrogen-bond acceptors (Lipinski definition) is 5. The summed E-state index contributed by atoms with van der Waals surface area (Å²) in [6.45, 7) is 5.03. The van der Waals surface area contributed by atoms with Crippen LogP contribution in [0.15, 0.2) is 24.3 Å². The number of para-hydroxylation sites is 1. The Bertz CT molecular complexity index is 840. The second-order valence-corrected chi connectivity index (χ2v) is 6.20. The van der Waals surface area contributed by atoms with Crippen molar-refractivity contribution in [2.75, 3.05) is 23.3 Å². The SMILES string of the molecule is Cc1nnc(NCCCC(=O)N2CCc3ccccc32)c(C#N)c1C. The fourth-order valence-corrected chi connectivity index (χ4v) is 3.05. The molecule has 1 aromatic heterocycles. The predicted molar refractivity (Wildman–Crippen MR) is 96.4 cm³/mol. The van der Waals surface area contributed by atoms with Gasteiger partial charge in [0.15, 0.2) is 5.82 Å². The van der Waals surface area contributed by atoms with E-state index in [1.165, 1.54) is 5.56 Å². The zero-order valence-corrected chi connectivity index (χ0v) is 14.5. The Kier molecular flexibility index (Phi) is 4.94. The van der Waals surface area contributed by atoms with Crippen LogP contribution in [-0.2, 0) is 11.2 Å². The number of aromatic nitrogens is 2. The van der Waals surface area contributed by atoms with Gasteiger partial charge in [-0.1, -0.05) is 18.2 Å². The van der Waals surface area contributed by atoms with E-state index in [-0.39, 0.29) is 5.91 Å². The van der Waals surface area contributed by atoms with E-state index in [9.17, 15) is 10.1 Å². The molecule has 0 bridgehead atoms. The highest BCUT2D eigenvalue weighted by Gasteiger charge is 2.23. The third-order valence-electron chi connectivity index (χ3n) is 4.61. The monoisotopic (exact) mass is 335 g/mol. The molecule has 0 aliphatic carbocycles. The minimum absolute atomic E-state index is 0.137. The smallest absolute Gasteiger partial charge is 0.227 e. The minimum Gasteiger partial charge on any atom is -0.367 e. The number of fused-ring (bicyclic) bond motifs is 1. The van der Waals surface area contributed by atoms with Crippen molar-refractivity contribution in [3.05, 3.63) is 46.6 Å². The first-order valence-electron chi connectivity index (χ1n) is 8.48. The van der Waals surface area contributed by atoms with Crippen molar-refractivity contribution in [2.45, 2.75) is 33.1 Å². The molecule has 1 aliphatic heterocycles. The summed E-state index contributed by atoms with van der Waals surface area (Å²) in [6.07, 6.45) is 2.06. The van der Waals surface area contributed by atoms with Crippen LogP contribution in [0.5, 0.6) is 0 Å². The molecule has 0 fully saturated rings. The first kappa shape index (κ1) is 16.9. The normalized spacial score (nSPS) is 12.6. The number of nitrogens with zero attached hydrogens (tertiary/aromatic N) is 4. The van der Waals surface area contributed by atoms with Crippen LogP contribution < -0.4 is 10.2 Å². The second-order valence-electron chi connectivity index (χ2n) is 6.20. The average Bonchev–Trinajstić information content (AvgIpc) is 3.05. The molecule has 6 nitrogen and oxygen atoms in total. The topological polar surface area (TPSA) is 81.9 Å². The largest absolute Gasteiger partial charge is 0.367 e. The molecule has 0 saturated carbocycles. The van der Waals surface area contributed by atoms with E-state index in [2.05, 4.69) is 27.6 Å². The Morgan fingerprint density at radius 1 is 1.32 bits per heavy atom. The lowest BCUT2D eigenvalue weighted by Gasteiger charge is -2.17. The summed E-state index contributed by atoms with van der Waals surface area (Å²) in [4.78, 5) is 14.3. The molecule has 0 radical (unpaired) electrons. The van der Waals surface area contributed by atoms with Gasteiger partial charge in [0.25, 0.3) is 0 Å².